The first kappa shape index (κ1) is 8.70. The van der Waals surface area contributed by atoms with E-state index >= 15 is 0 Å². The molecule has 0 aromatic carbocycles. The SMILES string of the molecule is CC(=O)O[C@H](C)Cn1cncn1. The molecule has 1 aromatic rings. The lowest BCUT2D eigenvalue weighted by atomic mass is 10.4. The van der Waals surface area contributed by atoms with Crippen LogP contribution in [0.5, 0.6) is 0 Å². The predicted molar refractivity (Wildman–Crippen MR) is 41.3 cm³/mol. The lowest BCUT2D eigenvalue weighted by molar-refractivity contribution is -0.146. The topological polar surface area (TPSA) is 57.0 Å². The maximum Gasteiger partial charge on any atom is 0.302 e. The Morgan fingerprint density at radius 2 is 2.50 bits per heavy atom. The van der Waals surface area contributed by atoms with Crippen LogP contribution < -0.4 is 0 Å². The van der Waals surface area contributed by atoms with E-state index in [0.29, 0.717) is 6.54 Å². The highest BCUT2D eigenvalue weighted by atomic mass is 16.5. The summed E-state index contributed by atoms with van der Waals surface area (Å²) in [4.78, 5) is 14.3. The van der Waals surface area contributed by atoms with Gasteiger partial charge in [0.15, 0.2) is 0 Å². The van der Waals surface area contributed by atoms with E-state index in [1.54, 1.807) is 11.0 Å². The van der Waals surface area contributed by atoms with Crippen molar-refractivity contribution in [2.24, 2.45) is 0 Å². The summed E-state index contributed by atoms with van der Waals surface area (Å²) < 4.78 is 6.51. The molecule has 1 aromatic heterocycles. The molecule has 1 heterocycles. The van der Waals surface area contributed by atoms with Crippen LogP contribution in [0, 0.1) is 0 Å². The molecule has 0 amide bonds. The number of hydrogen-bond acceptors (Lipinski definition) is 4. The number of carbonyl (C=O) groups is 1. The molecule has 12 heavy (non-hydrogen) atoms. The van der Waals surface area contributed by atoms with Gasteiger partial charge in [0.25, 0.3) is 0 Å². The van der Waals surface area contributed by atoms with Crippen molar-refractivity contribution in [1.82, 2.24) is 14.8 Å². The molecule has 0 N–H and O–H groups in total. The van der Waals surface area contributed by atoms with Gasteiger partial charge in [0, 0.05) is 6.92 Å². The number of carbonyl (C=O) groups excluding carboxylic acids is 1. The molecular formula is C7H11N3O2. The van der Waals surface area contributed by atoms with Crippen molar-refractivity contribution in [3.8, 4) is 0 Å². The highest BCUT2D eigenvalue weighted by molar-refractivity contribution is 5.66. The third-order valence-electron chi connectivity index (χ3n) is 1.28. The second kappa shape index (κ2) is 3.85. The maximum atomic E-state index is 10.5. The van der Waals surface area contributed by atoms with E-state index in [2.05, 4.69) is 10.1 Å². The van der Waals surface area contributed by atoms with E-state index in [-0.39, 0.29) is 12.1 Å². The molecule has 0 spiro atoms. The Balaban J connectivity index is 2.36. The van der Waals surface area contributed by atoms with Crippen LogP contribution in [0.2, 0.25) is 0 Å². The minimum atomic E-state index is -0.275. The fourth-order valence-corrected chi connectivity index (χ4v) is 0.911. The van der Waals surface area contributed by atoms with Crippen LogP contribution in [-0.4, -0.2) is 26.8 Å². The number of rotatable bonds is 3. The third kappa shape index (κ3) is 2.69. The Hall–Kier alpha value is -1.39. The predicted octanol–water partition coefficient (Wildman–Crippen LogP) is 0.230. The van der Waals surface area contributed by atoms with E-state index in [4.69, 9.17) is 4.74 Å². The van der Waals surface area contributed by atoms with Crippen molar-refractivity contribution in [1.29, 1.82) is 0 Å². The van der Waals surface area contributed by atoms with Gasteiger partial charge in [0.2, 0.25) is 0 Å². The van der Waals surface area contributed by atoms with Gasteiger partial charge in [-0.1, -0.05) is 0 Å². The molecule has 0 saturated carbocycles. The number of ether oxygens (including phenoxy) is 1. The Kier molecular flexibility index (Phi) is 2.79. The van der Waals surface area contributed by atoms with Crippen LogP contribution in [0.15, 0.2) is 12.7 Å². The van der Waals surface area contributed by atoms with Gasteiger partial charge in [-0.15, -0.1) is 0 Å². The van der Waals surface area contributed by atoms with Crippen molar-refractivity contribution in [3.63, 3.8) is 0 Å². The monoisotopic (exact) mass is 169 g/mol. The van der Waals surface area contributed by atoms with Gasteiger partial charge in [0.1, 0.15) is 18.8 Å². The summed E-state index contributed by atoms with van der Waals surface area (Å²) in [6.07, 6.45) is 2.87. The minimum absolute atomic E-state index is 0.163. The van der Waals surface area contributed by atoms with Gasteiger partial charge in [-0.2, -0.15) is 5.10 Å². The summed E-state index contributed by atoms with van der Waals surface area (Å²) in [5, 5.41) is 3.88. The molecule has 1 rings (SSSR count). The highest BCUT2D eigenvalue weighted by Gasteiger charge is 2.05. The van der Waals surface area contributed by atoms with E-state index < -0.39 is 0 Å². The van der Waals surface area contributed by atoms with Crippen molar-refractivity contribution in [3.05, 3.63) is 12.7 Å². The lowest BCUT2D eigenvalue weighted by Gasteiger charge is -2.10. The van der Waals surface area contributed by atoms with E-state index in [0.717, 1.165) is 0 Å². The summed E-state index contributed by atoms with van der Waals surface area (Å²) in [7, 11) is 0. The first-order chi connectivity index (χ1) is 5.68. The Morgan fingerprint density at radius 1 is 1.75 bits per heavy atom. The normalized spacial score (nSPS) is 12.5. The Labute approximate surface area is 70.4 Å². The van der Waals surface area contributed by atoms with Gasteiger partial charge in [0.05, 0.1) is 6.54 Å². The van der Waals surface area contributed by atoms with E-state index in [1.807, 2.05) is 6.92 Å². The molecule has 0 saturated heterocycles. The first-order valence-electron chi connectivity index (χ1n) is 3.68. The number of nitrogens with zero attached hydrogens (tertiary/aromatic N) is 3. The van der Waals surface area contributed by atoms with Crippen molar-refractivity contribution >= 4 is 5.97 Å². The molecule has 5 heteroatoms. The number of aromatic nitrogens is 3. The van der Waals surface area contributed by atoms with Crippen molar-refractivity contribution in [2.45, 2.75) is 26.5 Å². The molecule has 0 unspecified atom stereocenters. The van der Waals surface area contributed by atoms with Crippen molar-refractivity contribution < 1.29 is 9.53 Å². The zero-order valence-electron chi connectivity index (χ0n) is 7.10. The second-order valence-corrected chi connectivity index (χ2v) is 2.54. The summed E-state index contributed by atoms with van der Waals surface area (Å²) in [5.74, 6) is -0.275. The molecule has 0 aliphatic rings. The van der Waals surface area contributed by atoms with Crippen LogP contribution in [0.4, 0.5) is 0 Å². The minimum Gasteiger partial charge on any atom is -0.461 e. The molecule has 5 nitrogen and oxygen atoms in total. The van der Waals surface area contributed by atoms with Gasteiger partial charge in [-0.05, 0) is 6.92 Å². The fourth-order valence-electron chi connectivity index (χ4n) is 0.911. The largest absolute Gasteiger partial charge is 0.461 e. The standard InChI is InChI=1S/C7H11N3O2/c1-6(12-7(2)11)3-10-5-8-4-9-10/h4-6H,3H2,1-2H3/t6-/m1/s1. The van der Waals surface area contributed by atoms with E-state index in [9.17, 15) is 4.79 Å². The molecule has 1 atom stereocenters. The average molecular weight is 169 g/mol. The molecule has 0 aliphatic carbocycles. The van der Waals surface area contributed by atoms with Crippen LogP contribution in [-0.2, 0) is 16.1 Å². The van der Waals surface area contributed by atoms with E-state index in [1.165, 1.54) is 13.3 Å². The zero-order valence-corrected chi connectivity index (χ0v) is 7.10. The molecule has 0 bridgehead atoms. The maximum absolute atomic E-state index is 10.5. The molecule has 0 radical (unpaired) electrons. The fraction of sp³-hybridized carbons (Fsp3) is 0.571. The second-order valence-electron chi connectivity index (χ2n) is 2.54. The molecule has 66 valence electrons. The van der Waals surface area contributed by atoms with Crippen molar-refractivity contribution in [2.75, 3.05) is 0 Å². The summed E-state index contributed by atoms with van der Waals surface area (Å²) >= 11 is 0. The first-order valence-corrected chi connectivity index (χ1v) is 3.68. The average Bonchev–Trinajstić information content (AvgIpc) is 2.37. The zero-order chi connectivity index (χ0) is 8.97. The van der Waals surface area contributed by atoms with Gasteiger partial charge >= 0.3 is 5.97 Å². The van der Waals surface area contributed by atoms with Crippen LogP contribution in [0.1, 0.15) is 13.8 Å². The number of esters is 1. The Morgan fingerprint density at radius 3 is 3.00 bits per heavy atom. The van der Waals surface area contributed by atoms with Gasteiger partial charge < -0.3 is 4.74 Å². The van der Waals surface area contributed by atoms with Gasteiger partial charge in [-0.3, -0.25) is 4.79 Å². The third-order valence-corrected chi connectivity index (χ3v) is 1.28. The molecule has 0 fully saturated rings. The quantitative estimate of drug-likeness (QED) is 0.608. The summed E-state index contributed by atoms with van der Waals surface area (Å²) in [5.41, 5.74) is 0. The highest BCUT2D eigenvalue weighted by Crippen LogP contribution is 1.94. The number of hydrogen-bond donors (Lipinski definition) is 0. The van der Waals surface area contributed by atoms with Crippen LogP contribution in [0.3, 0.4) is 0 Å². The lowest BCUT2D eigenvalue weighted by Crippen LogP contribution is -2.19. The molecular weight excluding hydrogens is 158 g/mol. The van der Waals surface area contributed by atoms with Crippen LogP contribution >= 0.6 is 0 Å². The van der Waals surface area contributed by atoms with Crippen LogP contribution in [0.25, 0.3) is 0 Å². The Bertz CT molecular complexity index is 245. The smallest absolute Gasteiger partial charge is 0.302 e. The summed E-state index contributed by atoms with van der Waals surface area (Å²) in [6.45, 7) is 3.74. The molecule has 0 aliphatic heterocycles. The summed E-state index contributed by atoms with van der Waals surface area (Å²) in [6, 6.07) is 0. The van der Waals surface area contributed by atoms with Gasteiger partial charge in [-0.25, -0.2) is 9.67 Å².